The summed E-state index contributed by atoms with van der Waals surface area (Å²) < 4.78 is 5.89. The number of amides is 1. The summed E-state index contributed by atoms with van der Waals surface area (Å²) in [5.74, 6) is 0.217. The highest BCUT2D eigenvalue weighted by molar-refractivity contribution is 8.00. The van der Waals surface area contributed by atoms with E-state index in [1.165, 1.54) is 18.1 Å². The van der Waals surface area contributed by atoms with Crippen LogP contribution in [0, 0.1) is 0 Å². The lowest BCUT2D eigenvalue weighted by Gasteiger charge is -2.13. The quantitative estimate of drug-likeness (QED) is 0.422. The van der Waals surface area contributed by atoms with Crippen molar-refractivity contribution in [2.45, 2.75) is 18.0 Å². The van der Waals surface area contributed by atoms with Gasteiger partial charge in [0.2, 0.25) is 5.91 Å². The largest absolute Gasteiger partial charge is 0.451 e. The number of carbonyl (C=O) groups excluding carboxylic acids is 1. The maximum atomic E-state index is 12.3. The van der Waals surface area contributed by atoms with Gasteiger partial charge in [0, 0.05) is 5.39 Å². The number of hydrogen-bond acceptors (Lipinski definition) is 5. The van der Waals surface area contributed by atoms with Gasteiger partial charge in [0.15, 0.2) is 5.58 Å². The Morgan fingerprint density at radius 2 is 1.88 bits per heavy atom. The van der Waals surface area contributed by atoms with E-state index < -0.39 is 0 Å². The number of fused-ring (bicyclic) bond motifs is 3. The van der Waals surface area contributed by atoms with E-state index in [1.54, 1.807) is 0 Å². The minimum absolute atomic E-state index is 0.0408. The molecule has 0 saturated heterocycles. The number of aromatic nitrogens is 2. The minimum atomic E-state index is -0.0470. The molecular weight excluding hydrogens is 346 g/mol. The fourth-order valence-electron chi connectivity index (χ4n) is 2.85. The van der Waals surface area contributed by atoms with Gasteiger partial charge in [-0.15, -0.1) is 0 Å². The molecule has 0 radical (unpaired) electrons. The van der Waals surface area contributed by atoms with Gasteiger partial charge in [0.1, 0.15) is 22.5 Å². The van der Waals surface area contributed by atoms with E-state index in [4.69, 9.17) is 4.42 Å². The van der Waals surface area contributed by atoms with Crippen LogP contribution in [-0.4, -0.2) is 21.6 Å². The highest BCUT2D eigenvalue weighted by atomic mass is 32.2. The fourth-order valence-corrected chi connectivity index (χ4v) is 3.59. The summed E-state index contributed by atoms with van der Waals surface area (Å²) in [6, 6.07) is 17.6. The lowest BCUT2D eigenvalue weighted by molar-refractivity contribution is -0.119. The summed E-state index contributed by atoms with van der Waals surface area (Å²) >= 11 is 1.35. The first-order valence-corrected chi connectivity index (χ1v) is 9.30. The number of nitrogens with zero attached hydrogens (tertiary/aromatic N) is 2. The molecule has 4 rings (SSSR count). The van der Waals surface area contributed by atoms with Crippen LogP contribution >= 0.6 is 11.8 Å². The summed E-state index contributed by atoms with van der Waals surface area (Å²) in [6.07, 6.45) is 1.51. The van der Waals surface area contributed by atoms with Crippen molar-refractivity contribution in [2.75, 3.05) is 5.75 Å². The Morgan fingerprint density at radius 1 is 1.12 bits per heavy atom. The van der Waals surface area contributed by atoms with Crippen molar-refractivity contribution in [3.63, 3.8) is 0 Å². The van der Waals surface area contributed by atoms with Crippen molar-refractivity contribution < 1.29 is 9.21 Å². The standard InChI is InChI=1S/C20H17N3O2S/c1-13(14-7-3-2-4-8-14)23-17(24)11-26-20-19-18(21-12-22-20)15-9-5-6-10-16(15)25-19/h2-10,12-13H,11H2,1H3,(H,23,24)/t13-/m0/s1. The molecule has 1 atom stereocenters. The van der Waals surface area contributed by atoms with Crippen LogP contribution in [0.15, 0.2) is 70.4 Å². The van der Waals surface area contributed by atoms with Crippen LogP contribution in [0.5, 0.6) is 0 Å². The Labute approximate surface area is 154 Å². The first kappa shape index (κ1) is 16.6. The summed E-state index contributed by atoms with van der Waals surface area (Å²) in [5.41, 5.74) is 3.25. The zero-order valence-corrected chi connectivity index (χ0v) is 15.0. The average Bonchev–Trinajstić information content (AvgIpc) is 3.06. The lowest BCUT2D eigenvalue weighted by atomic mass is 10.1. The Kier molecular flexibility index (Phi) is 4.58. The molecule has 0 aliphatic heterocycles. The third kappa shape index (κ3) is 3.28. The molecule has 0 saturated carbocycles. The van der Waals surface area contributed by atoms with Gasteiger partial charge in [-0.25, -0.2) is 9.97 Å². The van der Waals surface area contributed by atoms with Crippen LogP contribution in [0.2, 0.25) is 0 Å². The van der Waals surface area contributed by atoms with E-state index in [-0.39, 0.29) is 17.7 Å². The number of rotatable bonds is 5. The molecule has 0 aliphatic carbocycles. The van der Waals surface area contributed by atoms with Crippen LogP contribution in [-0.2, 0) is 4.79 Å². The zero-order valence-electron chi connectivity index (χ0n) is 14.2. The van der Waals surface area contributed by atoms with E-state index in [1.807, 2.05) is 61.5 Å². The molecule has 6 heteroatoms. The minimum Gasteiger partial charge on any atom is -0.451 e. The van der Waals surface area contributed by atoms with Crippen molar-refractivity contribution in [1.29, 1.82) is 0 Å². The van der Waals surface area contributed by atoms with E-state index in [0.29, 0.717) is 10.6 Å². The number of furan rings is 1. The first-order valence-electron chi connectivity index (χ1n) is 8.32. The summed E-state index contributed by atoms with van der Waals surface area (Å²) in [6.45, 7) is 1.97. The molecule has 4 aromatic rings. The van der Waals surface area contributed by atoms with Crippen molar-refractivity contribution in [3.8, 4) is 0 Å². The molecule has 0 aliphatic rings. The van der Waals surface area contributed by atoms with Gasteiger partial charge in [0.25, 0.3) is 0 Å². The average molecular weight is 363 g/mol. The number of carbonyl (C=O) groups is 1. The molecule has 1 N–H and O–H groups in total. The molecule has 130 valence electrons. The molecular formula is C20H17N3O2S. The Morgan fingerprint density at radius 3 is 2.73 bits per heavy atom. The normalized spacial score (nSPS) is 12.3. The molecule has 0 spiro atoms. The number of hydrogen-bond donors (Lipinski definition) is 1. The van der Waals surface area contributed by atoms with E-state index in [2.05, 4.69) is 15.3 Å². The van der Waals surface area contributed by atoms with Crippen LogP contribution in [0.3, 0.4) is 0 Å². The SMILES string of the molecule is C[C@H](NC(=O)CSc1ncnc2c1oc1ccccc12)c1ccccc1. The maximum absolute atomic E-state index is 12.3. The Balaban J connectivity index is 1.48. The maximum Gasteiger partial charge on any atom is 0.230 e. The van der Waals surface area contributed by atoms with E-state index >= 15 is 0 Å². The van der Waals surface area contributed by atoms with Crippen molar-refractivity contribution in [2.24, 2.45) is 0 Å². The third-order valence-electron chi connectivity index (χ3n) is 4.14. The van der Waals surface area contributed by atoms with Crippen LogP contribution in [0.4, 0.5) is 0 Å². The second kappa shape index (κ2) is 7.17. The molecule has 5 nitrogen and oxygen atoms in total. The molecule has 0 bridgehead atoms. The van der Waals surface area contributed by atoms with Gasteiger partial charge >= 0.3 is 0 Å². The first-order chi connectivity index (χ1) is 12.7. The van der Waals surface area contributed by atoms with Crippen molar-refractivity contribution in [3.05, 3.63) is 66.5 Å². The van der Waals surface area contributed by atoms with Gasteiger partial charge in [-0.1, -0.05) is 54.2 Å². The monoisotopic (exact) mass is 363 g/mol. The summed E-state index contributed by atoms with van der Waals surface area (Å²) in [4.78, 5) is 20.9. The smallest absolute Gasteiger partial charge is 0.230 e. The number of thioether (sulfide) groups is 1. The predicted octanol–water partition coefficient (Wildman–Crippen LogP) is 4.35. The molecule has 0 unspecified atom stereocenters. The van der Waals surface area contributed by atoms with Crippen LogP contribution in [0.1, 0.15) is 18.5 Å². The Bertz CT molecular complexity index is 1060. The molecule has 0 fully saturated rings. The van der Waals surface area contributed by atoms with Crippen molar-refractivity contribution >= 4 is 39.7 Å². The second-order valence-corrected chi connectivity index (χ2v) is 6.91. The van der Waals surface area contributed by atoms with Gasteiger partial charge < -0.3 is 9.73 Å². The predicted molar refractivity (Wildman–Crippen MR) is 103 cm³/mol. The second-order valence-electron chi connectivity index (χ2n) is 5.94. The molecule has 1 amide bonds. The molecule has 2 heterocycles. The van der Waals surface area contributed by atoms with E-state index in [9.17, 15) is 4.79 Å². The van der Waals surface area contributed by atoms with Gasteiger partial charge in [-0.3, -0.25) is 4.79 Å². The topological polar surface area (TPSA) is 68.0 Å². The third-order valence-corrected chi connectivity index (χ3v) is 5.11. The molecule has 2 aromatic carbocycles. The summed E-state index contributed by atoms with van der Waals surface area (Å²) in [5, 5.41) is 4.63. The Hall–Kier alpha value is -2.86. The van der Waals surface area contributed by atoms with Gasteiger partial charge in [-0.2, -0.15) is 0 Å². The fraction of sp³-hybridized carbons (Fsp3) is 0.150. The van der Waals surface area contributed by atoms with Gasteiger partial charge in [-0.05, 0) is 24.6 Å². The highest BCUT2D eigenvalue weighted by Crippen LogP contribution is 2.32. The molecule has 2 aromatic heterocycles. The van der Waals surface area contributed by atoms with E-state index in [0.717, 1.165) is 22.0 Å². The number of nitrogens with one attached hydrogen (secondary N) is 1. The van der Waals surface area contributed by atoms with Crippen LogP contribution < -0.4 is 5.32 Å². The highest BCUT2D eigenvalue weighted by Gasteiger charge is 2.15. The zero-order chi connectivity index (χ0) is 17.9. The van der Waals surface area contributed by atoms with Crippen LogP contribution in [0.25, 0.3) is 22.1 Å². The lowest BCUT2D eigenvalue weighted by Crippen LogP contribution is -2.28. The molecule has 26 heavy (non-hydrogen) atoms. The number of para-hydroxylation sites is 1. The summed E-state index contributed by atoms with van der Waals surface area (Å²) in [7, 11) is 0. The van der Waals surface area contributed by atoms with Crippen molar-refractivity contribution in [1.82, 2.24) is 15.3 Å². The number of benzene rings is 2. The van der Waals surface area contributed by atoms with Gasteiger partial charge in [0.05, 0.1) is 11.8 Å².